The number of para-hydroxylation sites is 2. The molecule has 3 heterocycles. The lowest BCUT2D eigenvalue weighted by Gasteiger charge is -2.34. The average molecular weight is 803 g/mol. The summed E-state index contributed by atoms with van der Waals surface area (Å²) < 4.78 is 13.3. The van der Waals surface area contributed by atoms with Crippen molar-refractivity contribution in [2.24, 2.45) is 0 Å². The Labute approximate surface area is 361 Å². The van der Waals surface area contributed by atoms with E-state index in [9.17, 15) is 0 Å². The number of nitrogens with zero attached hydrogens (tertiary/aromatic N) is 2. The Morgan fingerprint density at radius 1 is 0.365 bits per heavy atom. The molecule has 4 heteroatoms. The molecule has 13 aromatic rings. The summed E-state index contributed by atoms with van der Waals surface area (Å²) in [5.41, 5.74) is 15.8. The molecule has 63 heavy (non-hydrogen) atoms. The lowest BCUT2D eigenvalue weighted by molar-refractivity contribution is 0.663. The van der Waals surface area contributed by atoms with E-state index in [0.717, 1.165) is 88.1 Å². The molecule has 0 saturated heterocycles. The smallest absolute Gasteiger partial charge is 0.147 e. The van der Waals surface area contributed by atoms with Gasteiger partial charge in [0, 0.05) is 38.1 Å². The van der Waals surface area contributed by atoms with Gasteiger partial charge in [0.25, 0.3) is 0 Å². The van der Waals surface area contributed by atoms with Crippen LogP contribution in [0.25, 0.3) is 110 Å². The standard InChI is InChI=1S/C59H34N2O2/c1-3-14-37(15-4-1)59(38-16-5-2-6-17-38)49-32-35(39-23-13-24-46-47-30-31-53-54(58(47)63-57(39)46)48-22-11-12-25-52(48)62-53)26-28-42(49)43-29-27-36(33-50(43)59)51-34-60-55-44-20-9-7-18-40(44)41-19-8-10-21-45(41)56(55)61-51/h1-34H. The van der Waals surface area contributed by atoms with Gasteiger partial charge in [0.15, 0.2) is 0 Å². The van der Waals surface area contributed by atoms with Gasteiger partial charge in [-0.2, -0.15) is 0 Å². The number of hydrogen-bond donors (Lipinski definition) is 0. The van der Waals surface area contributed by atoms with Crippen molar-refractivity contribution < 1.29 is 8.83 Å². The number of benzene rings is 10. The fourth-order valence-electron chi connectivity index (χ4n) is 10.9. The van der Waals surface area contributed by atoms with E-state index in [4.69, 9.17) is 18.8 Å². The van der Waals surface area contributed by atoms with Crippen LogP contribution in [-0.4, -0.2) is 9.97 Å². The first-order chi connectivity index (χ1) is 31.2. The first kappa shape index (κ1) is 34.4. The maximum absolute atomic E-state index is 6.99. The van der Waals surface area contributed by atoms with Crippen LogP contribution in [0.1, 0.15) is 22.3 Å². The van der Waals surface area contributed by atoms with E-state index in [1.54, 1.807) is 0 Å². The highest BCUT2D eigenvalue weighted by Gasteiger charge is 2.46. The molecular formula is C59H34N2O2. The zero-order chi connectivity index (χ0) is 41.2. The molecular weight excluding hydrogens is 769 g/mol. The van der Waals surface area contributed by atoms with Crippen LogP contribution in [-0.2, 0) is 5.41 Å². The van der Waals surface area contributed by atoms with Gasteiger partial charge in [0.05, 0.1) is 33.7 Å². The molecule has 292 valence electrons. The maximum Gasteiger partial charge on any atom is 0.147 e. The lowest BCUT2D eigenvalue weighted by atomic mass is 9.67. The molecule has 0 saturated carbocycles. The number of rotatable bonds is 4. The summed E-state index contributed by atoms with van der Waals surface area (Å²) in [5.74, 6) is 0. The van der Waals surface area contributed by atoms with Crippen LogP contribution in [0.5, 0.6) is 0 Å². The predicted octanol–water partition coefficient (Wildman–Crippen LogP) is 15.4. The Morgan fingerprint density at radius 3 is 1.65 bits per heavy atom. The largest absolute Gasteiger partial charge is 0.456 e. The zero-order valence-corrected chi connectivity index (χ0v) is 33.8. The van der Waals surface area contributed by atoms with Crippen molar-refractivity contribution in [2.75, 3.05) is 0 Å². The van der Waals surface area contributed by atoms with E-state index >= 15 is 0 Å². The molecule has 0 N–H and O–H groups in total. The summed E-state index contributed by atoms with van der Waals surface area (Å²) in [6.45, 7) is 0. The van der Waals surface area contributed by atoms with Crippen LogP contribution in [0.3, 0.4) is 0 Å². The minimum atomic E-state index is -0.643. The minimum absolute atomic E-state index is 0.643. The first-order valence-electron chi connectivity index (χ1n) is 21.5. The summed E-state index contributed by atoms with van der Waals surface area (Å²) in [4.78, 5) is 10.6. The summed E-state index contributed by atoms with van der Waals surface area (Å²) in [6, 6.07) is 71.8. The number of furan rings is 2. The van der Waals surface area contributed by atoms with Crippen LogP contribution in [0, 0.1) is 0 Å². The molecule has 0 spiro atoms. The second-order valence-electron chi connectivity index (χ2n) is 16.7. The van der Waals surface area contributed by atoms with Gasteiger partial charge in [-0.3, -0.25) is 4.98 Å². The fourth-order valence-corrected chi connectivity index (χ4v) is 10.9. The van der Waals surface area contributed by atoms with E-state index in [0.29, 0.717) is 0 Å². The topological polar surface area (TPSA) is 52.1 Å². The van der Waals surface area contributed by atoms with Gasteiger partial charge in [0.1, 0.15) is 22.3 Å². The predicted molar refractivity (Wildman–Crippen MR) is 257 cm³/mol. The van der Waals surface area contributed by atoms with Gasteiger partial charge in [-0.05, 0) is 80.0 Å². The van der Waals surface area contributed by atoms with Gasteiger partial charge in [-0.25, -0.2) is 4.98 Å². The highest BCUT2D eigenvalue weighted by molar-refractivity contribution is 6.24. The molecule has 0 atom stereocenters. The molecule has 0 radical (unpaired) electrons. The van der Waals surface area contributed by atoms with Crippen LogP contribution in [0.15, 0.2) is 215 Å². The molecule has 0 aliphatic heterocycles. The zero-order valence-electron chi connectivity index (χ0n) is 33.8. The molecule has 1 aliphatic rings. The van der Waals surface area contributed by atoms with E-state index in [1.165, 1.54) is 44.2 Å². The van der Waals surface area contributed by atoms with Crippen molar-refractivity contribution >= 4 is 76.5 Å². The summed E-state index contributed by atoms with van der Waals surface area (Å²) in [7, 11) is 0. The van der Waals surface area contributed by atoms with Crippen LogP contribution in [0.2, 0.25) is 0 Å². The van der Waals surface area contributed by atoms with Crippen molar-refractivity contribution in [3.8, 4) is 33.5 Å². The second-order valence-corrected chi connectivity index (χ2v) is 16.7. The first-order valence-corrected chi connectivity index (χ1v) is 21.5. The van der Waals surface area contributed by atoms with Crippen molar-refractivity contribution in [1.29, 1.82) is 0 Å². The number of hydrogen-bond acceptors (Lipinski definition) is 4. The van der Waals surface area contributed by atoms with E-state index in [2.05, 4.69) is 188 Å². The Balaban J connectivity index is 1.01. The summed E-state index contributed by atoms with van der Waals surface area (Å²) >= 11 is 0. The van der Waals surface area contributed by atoms with Gasteiger partial charge in [-0.15, -0.1) is 0 Å². The van der Waals surface area contributed by atoms with E-state index < -0.39 is 5.41 Å². The van der Waals surface area contributed by atoms with Crippen molar-refractivity contribution in [3.05, 3.63) is 229 Å². The van der Waals surface area contributed by atoms with Gasteiger partial charge in [-0.1, -0.05) is 170 Å². The monoisotopic (exact) mass is 802 g/mol. The van der Waals surface area contributed by atoms with Crippen molar-refractivity contribution in [1.82, 2.24) is 9.97 Å². The number of fused-ring (bicyclic) bond motifs is 16. The molecule has 1 aliphatic carbocycles. The Morgan fingerprint density at radius 2 is 0.937 bits per heavy atom. The maximum atomic E-state index is 6.99. The molecule has 3 aromatic heterocycles. The van der Waals surface area contributed by atoms with Gasteiger partial charge in [0.2, 0.25) is 0 Å². The Hall–Kier alpha value is -8.34. The molecule has 10 aromatic carbocycles. The quantitative estimate of drug-likeness (QED) is 0.166. The van der Waals surface area contributed by atoms with Crippen molar-refractivity contribution in [3.63, 3.8) is 0 Å². The Bertz CT molecular complexity index is 3960. The lowest BCUT2D eigenvalue weighted by Crippen LogP contribution is -2.28. The van der Waals surface area contributed by atoms with E-state index in [1.807, 2.05) is 18.3 Å². The second kappa shape index (κ2) is 12.8. The minimum Gasteiger partial charge on any atom is -0.456 e. The van der Waals surface area contributed by atoms with Gasteiger partial charge < -0.3 is 8.83 Å². The summed E-state index contributed by atoms with van der Waals surface area (Å²) in [6.07, 6.45) is 1.95. The third-order valence-corrected chi connectivity index (χ3v) is 13.6. The molecule has 4 nitrogen and oxygen atoms in total. The highest BCUT2D eigenvalue weighted by Crippen LogP contribution is 2.58. The van der Waals surface area contributed by atoms with Crippen molar-refractivity contribution in [2.45, 2.75) is 5.41 Å². The van der Waals surface area contributed by atoms with Crippen LogP contribution >= 0.6 is 0 Å². The third kappa shape index (κ3) is 4.69. The normalized spacial score (nSPS) is 13.2. The Kier molecular flexibility index (Phi) is 7.01. The summed E-state index contributed by atoms with van der Waals surface area (Å²) in [5, 5.41) is 8.81. The van der Waals surface area contributed by atoms with E-state index in [-0.39, 0.29) is 0 Å². The molecule has 0 bridgehead atoms. The van der Waals surface area contributed by atoms with Crippen LogP contribution in [0.4, 0.5) is 0 Å². The molecule has 0 unspecified atom stereocenters. The number of aromatic nitrogens is 2. The SMILES string of the molecule is c1ccc(C2(c3ccccc3)c3cc(-c4cnc5c6ccccc6c6ccccc6c5n4)ccc3-c3ccc(-c4cccc5c4oc4c5ccc5oc6ccccc6c54)cc32)cc1. The fraction of sp³-hybridized carbons (Fsp3) is 0.0169. The third-order valence-electron chi connectivity index (χ3n) is 13.6. The highest BCUT2D eigenvalue weighted by atomic mass is 16.3. The average Bonchev–Trinajstić information content (AvgIpc) is 4.02. The van der Waals surface area contributed by atoms with Crippen LogP contribution < -0.4 is 0 Å². The molecule has 0 fully saturated rings. The molecule has 14 rings (SSSR count). The van der Waals surface area contributed by atoms with Gasteiger partial charge >= 0.3 is 0 Å². The molecule has 0 amide bonds.